The van der Waals surface area contributed by atoms with Gasteiger partial charge in [0, 0.05) is 0 Å². The molecular formula is C9H17NO7S. The third kappa shape index (κ3) is 7.07. The monoisotopic (exact) mass is 283 g/mol. The van der Waals surface area contributed by atoms with E-state index in [0.717, 1.165) is 0 Å². The van der Waals surface area contributed by atoms with Crippen LogP contribution in [0, 0.1) is 0 Å². The van der Waals surface area contributed by atoms with Crippen LogP contribution < -0.4 is 5.32 Å². The largest absolute Gasteiger partial charge is 0.449 e. The van der Waals surface area contributed by atoms with Gasteiger partial charge in [-0.1, -0.05) is 0 Å². The van der Waals surface area contributed by atoms with Gasteiger partial charge in [0.1, 0.15) is 11.1 Å². The molecule has 2 N–H and O–H groups in total. The Labute approximate surface area is 106 Å². The summed E-state index contributed by atoms with van der Waals surface area (Å²) >= 11 is 0. The number of rotatable bonds is 3. The van der Waals surface area contributed by atoms with E-state index in [9.17, 15) is 18.0 Å². The Hall–Kier alpha value is -1.35. The molecule has 0 aliphatic carbocycles. The molecule has 0 aliphatic heterocycles. The second-order valence-electron chi connectivity index (χ2n) is 5.05. The highest BCUT2D eigenvalue weighted by Gasteiger charge is 2.35. The van der Waals surface area contributed by atoms with Gasteiger partial charge in [0.05, 0.1) is 0 Å². The zero-order valence-corrected chi connectivity index (χ0v) is 11.6. The maximum atomic E-state index is 11.4. The fourth-order valence-corrected chi connectivity index (χ4v) is 1.21. The van der Waals surface area contributed by atoms with Gasteiger partial charge in [-0.05, 0) is 34.6 Å². The summed E-state index contributed by atoms with van der Waals surface area (Å²) in [4.78, 5) is 22.7. The molecule has 0 aromatic rings. The number of nitrogens with one attached hydrogen (secondary N) is 1. The van der Waals surface area contributed by atoms with Gasteiger partial charge in [0.15, 0.2) is 0 Å². The fourth-order valence-electron chi connectivity index (χ4n) is 0.810. The number of hydrogen-bond acceptors (Lipinski definition) is 6. The van der Waals surface area contributed by atoms with E-state index in [1.807, 2.05) is 0 Å². The molecule has 1 amide bonds. The molecule has 0 aliphatic rings. The SMILES string of the molecule is CC(C)(C)OC(=O)NC(C)(C)C(=O)OS(=O)(=O)O. The molecule has 0 aromatic heterocycles. The topological polar surface area (TPSA) is 119 Å². The predicted molar refractivity (Wildman–Crippen MR) is 61.1 cm³/mol. The lowest BCUT2D eigenvalue weighted by Crippen LogP contribution is -2.52. The molecule has 0 saturated carbocycles. The highest BCUT2D eigenvalue weighted by Crippen LogP contribution is 2.11. The first-order valence-electron chi connectivity index (χ1n) is 4.95. The van der Waals surface area contributed by atoms with E-state index in [4.69, 9.17) is 9.29 Å². The molecule has 0 atom stereocenters. The van der Waals surface area contributed by atoms with Crippen LogP contribution in [0.25, 0.3) is 0 Å². The molecule has 0 spiro atoms. The molecule has 9 heteroatoms. The van der Waals surface area contributed by atoms with Gasteiger partial charge in [-0.25, -0.2) is 9.59 Å². The molecule has 0 aromatic carbocycles. The van der Waals surface area contributed by atoms with Crippen molar-refractivity contribution in [2.24, 2.45) is 0 Å². The van der Waals surface area contributed by atoms with Crippen LogP contribution >= 0.6 is 0 Å². The maximum absolute atomic E-state index is 11.4. The van der Waals surface area contributed by atoms with Crippen LogP contribution in [0.5, 0.6) is 0 Å². The summed E-state index contributed by atoms with van der Waals surface area (Å²) in [6.07, 6.45) is -0.917. The van der Waals surface area contributed by atoms with Crippen LogP contribution in [-0.2, 0) is 24.1 Å². The quantitative estimate of drug-likeness (QED) is 0.729. The number of amides is 1. The second kappa shape index (κ2) is 5.11. The lowest BCUT2D eigenvalue weighted by molar-refractivity contribution is -0.140. The summed E-state index contributed by atoms with van der Waals surface area (Å²) in [6.45, 7) is 7.26. The Morgan fingerprint density at radius 3 is 1.89 bits per heavy atom. The average Bonchev–Trinajstić information content (AvgIpc) is 1.94. The van der Waals surface area contributed by atoms with E-state index in [0.29, 0.717) is 0 Å². The maximum Gasteiger partial charge on any atom is 0.449 e. The highest BCUT2D eigenvalue weighted by molar-refractivity contribution is 7.81. The van der Waals surface area contributed by atoms with Crippen LogP contribution in [0.2, 0.25) is 0 Å². The Morgan fingerprint density at radius 1 is 1.11 bits per heavy atom. The molecule has 8 nitrogen and oxygen atoms in total. The molecule has 0 radical (unpaired) electrons. The van der Waals surface area contributed by atoms with Gasteiger partial charge in [0.25, 0.3) is 0 Å². The third-order valence-electron chi connectivity index (χ3n) is 1.50. The summed E-state index contributed by atoms with van der Waals surface area (Å²) in [5, 5.41) is 2.12. The number of hydrogen-bond donors (Lipinski definition) is 2. The van der Waals surface area contributed by atoms with Crippen molar-refractivity contribution >= 4 is 22.5 Å². The van der Waals surface area contributed by atoms with Crippen molar-refractivity contribution in [2.45, 2.75) is 45.8 Å². The Morgan fingerprint density at radius 2 is 1.56 bits per heavy atom. The minimum absolute atomic E-state index is 0.771. The van der Waals surface area contributed by atoms with Crippen LogP contribution in [0.15, 0.2) is 0 Å². The Balaban J connectivity index is 4.66. The van der Waals surface area contributed by atoms with Crippen LogP contribution in [0.3, 0.4) is 0 Å². The van der Waals surface area contributed by atoms with Gasteiger partial charge in [-0.3, -0.25) is 4.55 Å². The number of carbonyl (C=O) groups is 2. The minimum atomic E-state index is -4.92. The molecule has 106 valence electrons. The lowest BCUT2D eigenvalue weighted by Gasteiger charge is -2.26. The minimum Gasteiger partial charge on any atom is -0.444 e. The van der Waals surface area contributed by atoms with E-state index in [1.165, 1.54) is 13.8 Å². The van der Waals surface area contributed by atoms with Crippen molar-refractivity contribution < 1.29 is 31.5 Å². The molecule has 0 unspecified atom stereocenters. The third-order valence-corrected chi connectivity index (χ3v) is 1.87. The van der Waals surface area contributed by atoms with Crippen molar-refractivity contribution in [3.63, 3.8) is 0 Å². The Kier molecular flexibility index (Phi) is 4.72. The summed E-state index contributed by atoms with van der Waals surface area (Å²) in [5.74, 6) is -1.34. The molecule has 0 rings (SSSR count). The van der Waals surface area contributed by atoms with E-state index in [1.54, 1.807) is 20.8 Å². The van der Waals surface area contributed by atoms with Gasteiger partial charge in [-0.15, -0.1) is 0 Å². The first-order chi connectivity index (χ1) is 7.73. The van der Waals surface area contributed by atoms with Crippen LogP contribution in [-0.4, -0.2) is 36.2 Å². The number of carbonyl (C=O) groups excluding carboxylic acids is 2. The first-order valence-corrected chi connectivity index (χ1v) is 6.32. The Bertz CT molecular complexity index is 432. The number of ether oxygens (including phenoxy) is 1. The molecular weight excluding hydrogens is 266 g/mol. The van der Waals surface area contributed by atoms with Crippen LogP contribution in [0.4, 0.5) is 4.79 Å². The second-order valence-corrected chi connectivity index (χ2v) is 6.07. The van der Waals surface area contributed by atoms with E-state index >= 15 is 0 Å². The molecule has 0 bridgehead atoms. The van der Waals surface area contributed by atoms with Crippen molar-refractivity contribution in [1.82, 2.24) is 5.32 Å². The summed E-state index contributed by atoms with van der Waals surface area (Å²) < 4.78 is 37.7. The van der Waals surface area contributed by atoms with E-state index < -0.39 is 33.6 Å². The van der Waals surface area contributed by atoms with E-state index in [-0.39, 0.29) is 0 Å². The molecule has 18 heavy (non-hydrogen) atoms. The van der Waals surface area contributed by atoms with Gasteiger partial charge < -0.3 is 14.2 Å². The summed E-state index contributed by atoms with van der Waals surface area (Å²) in [5.41, 5.74) is -2.44. The zero-order valence-electron chi connectivity index (χ0n) is 10.8. The van der Waals surface area contributed by atoms with Crippen molar-refractivity contribution in [1.29, 1.82) is 0 Å². The first kappa shape index (κ1) is 16.6. The summed E-state index contributed by atoms with van der Waals surface area (Å²) in [6, 6.07) is 0. The van der Waals surface area contributed by atoms with Crippen molar-refractivity contribution in [3.8, 4) is 0 Å². The standard InChI is InChI=1S/C9H17NO7S/c1-8(2,3)16-7(12)10-9(4,5)6(11)17-18(13,14)15/h1-5H3,(H,10,12)(H,13,14,15). The van der Waals surface area contributed by atoms with Crippen LogP contribution in [0.1, 0.15) is 34.6 Å². The molecule has 0 heterocycles. The van der Waals surface area contributed by atoms with Gasteiger partial charge >= 0.3 is 22.5 Å². The zero-order chi connectivity index (χ0) is 14.8. The van der Waals surface area contributed by atoms with Crippen molar-refractivity contribution in [2.75, 3.05) is 0 Å². The van der Waals surface area contributed by atoms with E-state index in [2.05, 4.69) is 9.50 Å². The lowest BCUT2D eigenvalue weighted by atomic mass is 10.1. The van der Waals surface area contributed by atoms with Gasteiger partial charge in [0.2, 0.25) is 0 Å². The molecule has 0 fully saturated rings. The molecule has 0 saturated heterocycles. The smallest absolute Gasteiger partial charge is 0.444 e. The average molecular weight is 283 g/mol. The van der Waals surface area contributed by atoms with Gasteiger partial charge in [-0.2, -0.15) is 8.42 Å². The highest BCUT2D eigenvalue weighted by atomic mass is 32.3. The summed E-state index contributed by atoms with van der Waals surface area (Å²) in [7, 11) is -4.92. The predicted octanol–water partition coefficient (Wildman–Crippen LogP) is 0.636. The normalized spacial score (nSPS) is 12.8. The number of alkyl carbamates (subject to hydrolysis) is 1. The fraction of sp³-hybridized carbons (Fsp3) is 0.778. The van der Waals surface area contributed by atoms with Crippen molar-refractivity contribution in [3.05, 3.63) is 0 Å².